The highest BCUT2D eigenvalue weighted by Gasteiger charge is 2.16. The summed E-state index contributed by atoms with van der Waals surface area (Å²) in [5.74, 6) is -0.394. The number of hydrogen-bond acceptors (Lipinski definition) is 6. The van der Waals surface area contributed by atoms with Crippen molar-refractivity contribution in [3.8, 4) is 11.3 Å². The van der Waals surface area contributed by atoms with Crippen LogP contribution in [0.15, 0.2) is 35.7 Å². The van der Waals surface area contributed by atoms with E-state index >= 15 is 0 Å². The van der Waals surface area contributed by atoms with Crippen LogP contribution in [0.4, 0.5) is 10.1 Å². The fraction of sp³-hybridized carbons (Fsp3) is 0.125. The van der Waals surface area contributed by atoms with Gasteiger partial charge in [-0.3, -0.25) is 20.2 Å². The molecule has 1 amide bonds. The van der Waals surface area contributed by atoms with Crippen LogP contribution in [0.1, 0.15) is 20.8 Å². The van der Waals surface area contributed by atoms with E-state index in [1.165, 1.54) is 34.6 Å². The predicted octanol–water partition coefficient (Wildman–Crippen LogP) is 4.65. The van der Waals surface area contributed by atoms with E-state index in [4.69, 9.17) is 0 Å². The maximum absolute atomic E-state index is 12.1. The smallest absolute Gasteiger partial charge is 0.297 e. The molecule has 0 atom stereocenters. The van der Waals surface area contributed by atoms with Gasteiger partial charge in [0, 0.05) is 17.0 Å². The van der Waals surface area contributed by atoms with Crippen molar-refractivity contribution in [2.75, 3.05) is 5.32 Å². The van der Waals surface area contributed by atoms with Crippen LogP contribution >= 0.6 is 22.7 Å². The molecule has 0 fully saturated rings. The maximum atomic E-state index is 12.1. The Morgan fingerprint density at radius 3 is 2.67 bits per heavy atom. The Morgan fingerprint density at radius 1 is 1.21 bits per heavy atom. The normalized spacial score (nSPS) is 10.6. The number of nitro groups is 1. The van der Waals surface area contributed by atoms with E-state index in [0.717, 1.165) is 22.6 Å². The monoisotopic (exact) mass is 359 g/mol. The third-order valence-electron chi connectivity index (χ3n) is 3.52. The van der Waals surface area contributed by atoms with Gasteiger partial charge in [-0.25, -0.2) is 4.98 Å². The van der Waals surface area contributed by atoms with Crippen molar-refractivity contribution in [3.63, 3.8) is 0 Å². The van der Waals surface area contributed by atoms with Crippen LogP contribution in [-0.4, -0.2) is 15.8 Å². The van der Waals surface area contributed by atoms with Gasteiger partial charge in [0.05, 0.1) is 15.5 Å². The molecule has 0 aliphatic heterocycles. The third kappa shape index (κ3) is 3.34. The molecule has 0 aliphatic carbocycles. The van der Waals surface area contributed by atoms with Crippen molar-refractivity contribution < 1.29 is 9.72 Å². The van der Waals surface area contributed by atoms with E-state index in [1.54, 1.807) is 0 Å². The molecule has 0 unspecified atom stereocenters. The number of aromatic nitrogens is 1. The number of carbonyl (C=O) groups excluding carboxylic acids is 1. The second kappa shape index (κ2) is 6.50. The summed E-state index contributed by atoms with van der Waals surface area (Å²) < 4.78 is 0. The lowest BCUT2D eigenvalue weighted by Crippen LogP contribution is -2.09. The molecule has 0 saturated heterocycles. The Balaban J connectivity index is 1.76. The number of rotatable bonds is 4. The lowest BCUT2D eigenvalue weighted by Gasteiger charge is -2.02. The summed E-state index contributed by atoms with van der Waals surface area (Å²) >= 11 is 2.16. The Bertz CT molecular complexity index is 930. The average Bonchev–Trinajstić information content (AvgIpc) is 3.19. The van der Waals surface area contributed by atoms with Gasteiger partial charge in [-0.2, -0.15) is 0 Å². The topological polar surface area (TPSA) is 85.1 Å². The van der Waals surface area contributed by atoms with Crippen LogP contribution in [0.3, 0.4) is 0 Å². The van der Waals surface area contributed by atoms with Gasteiger partial charge in [-0.1, -0.05) is 23.5 Å². The molecule has 0 spiro atoms. The summed E-state index contributed by atoms with van der Waals surface area (Å²) in [5.41, 5.74) is 4.16. The fourth-order valence-electron chi connectivity index (χ4n) is 2.07. The molecule has 0 radical (unpaired) electrons. The Morgan fingerprint density at radius 2 is 2.00 bits per heavy atom. The van der Waals surface area contributed by atoms with Crippen LogP contribution in [0, 0.1) is 24.0 Å². The van der Waals surface area contributed by atoms with Crippen molar-refractivity contribution in [1.82, 2.24) is 4.98 Å². The van der Waals surface area contributed by atoms with Gasteiger partial charge >= 0.3 is 5.00 Å². The van der Waals surface area contributed by atoms with Crippen LogP contribution < -0.4 is 5.32 Å². The van der Waals surface area contributed by atoms with Crippen molar-refractivity contribution in [3.05, 3.63) is 61.8 Å². The quantitative estimate of drug-likeness (QED) is 0.543. The molecule has 6 nitrogen and oxygen atoms in total. The molecule has 0 bridgehead atoms. The van der Waals surface area contributed by atoms with Crippen molar-refractivity contribution in [1.29, 1.82) is 0 Å². The molecule has 1 aromatic carbocycles. The van der Waals surface area contributed by atoms with Crippen LogP contribution in [-0.2, 0) is 0 Å². The number of amides is 1. The Labute approximate surface area is 146 Å². The van der Waals surface area contributed by atoms with E-state index in [2.05, 4.69) is 16.4 Å². The number of thiazole rings is 1. The van der Waals surface area contributed by atoms with E-state index in [-0.39, 0.29) is 9.88 Å². The second-order valence-corrected chi connectivity index (χ2v) is 7.11. The van der Waals surface area contributed by atoms with E-state index in [1.807, 2.05) is 31.4 Å². The van der Waals surface area contributed by atoms with Crippen LogP contribution in [0.2, 0.25) is 0 Å². The summed E-state index contributed by atoms with van der Waals surface area (Å²) in [6.07, 6.45) is 0. The predicted molar refractivity (Wildman–Crippen MR) is 96.0 cm³/mol. The number of aryl methyl sites for hydroxylation is 2. The fourth-order valence-corrected chi connectivity index (χ4v) is 3.50. The van der Waals surface area contributed by atoms with Crippen molar-refractivity contribution >= 4 is 38.7 Å². The van der Waals surface area contributed by atoms with Crippen molar-refractivity contribution in [2.24, 2.45) is 0 Å². The van der Waals surface area contributed by atoms with Gasteiger partial charge in [0.25, 0.3) is 5.91 Å². The first-order chi connectivity index (χ1) is 11.4. The first kappa shape index (κ1) is 16.3. The number of anilines is 1. The molecule has 8 heteroatoms. The number of nitrogens with one attached hydrogen (secondary N) is 1. The Kier molecular flexibility index (Phi) is 4.41. The molecule has 24 heavy (non-hydrogen) atoms. The molecule has 3 rings (SSSR count). The summed E-state index contributed by atoms with van der Waals surface area (Å²) in [6, 6.07) is 8.84. The summed E-state index contributed by atoms with van der Waals surface area (Å²) in [6.45, 7) is 4.09. The summed E-state index contributed by atoms with van der Waals surface area (Å²) in [7, 11) is 0. The zero-order valence-corrected chi connectivity index (χ0v) is 14.5. The number of hydrogen-bond donors (Lipinski definition) is 1. The first-order valence-corrected chi connectivity index (χ1v) is 8.72. The van der Waals surface area contributed by atoms with E-state index < -0.39 is 10.8 Å². The lowest BCUT2D eigenvalue weighted by atomic mass is 10.1. The highest BCUT2D eigenvalue weighted by molar-refractivity contribution is 7.17. The van der Waals surface area contributed by atoms with Gasteiger partial charge < -0.3 is 0 Å². The average molecular weight is 359 g/mol. The molecular weight excluding hydrogens is 346 g/mol. The minimum Gasteiger partial charge on any atom is -0.297 e. The minimum atomic E-state index is -0.511. The molecule has 1 N–H and O–H groups in total. The lowest BCUT2D eigenvalue weighted by molar-refractivity contribution is -0.380. The standard InChI is InChI=1S/C16H13N3O3S2/c1-9-3-4-11(7-10(9)2)12-8-23-16(17-12)18-15(20)13-5-6-14(24-13)19(21)22/h3-8H,1-2H3,(H,17,18,20). The largest absolute Gasteiger partial charge is 0.324 e. The van der Waals surface area contributed by atoms with Gasteiger partial charge in [-0.15, -0.1) is 11.3 Å². The molecule has 2 aromatic heterocycles. The van der Waals surface area contributed by atoms with E-state index in [9.17, 15) is 14.9 Å². The van der Waals surface area contributed by atoms with Crippen LogP contribution in [0.25, 0.3) is 11.3 Å². The molecule has 3 aromatic rings. The zero-order chi connectivity index (χ0) is 17.3. The van der Waals surface area contributed by atoms with Gasteiger partial charge in [-0.05, 0) is 37.1 Å². The molecular formula is C16H13N3O3S2. The first-order valence-electron chi connectivity index (χ1n) is 7.03. The zero-order valence-electron chi connectivity index (χ0n) is 12.9. The minimum absolute atomic E-state index is 0.0601. The van der Waals surface area contributed by atoms with Gasteiger partial charge in [0.1, 0.15) is 0 Å². The third-order valence-corrected chi connectivity index (χ3v) is 5.32. The molecule has 122 valence electrons. The van der Waals surface area contributed by atoms with Gasteiger partial charge in [0.2, 0.25) is 0 Å². The number of nitrogens with zero attached hydrogens (tertiary/aromatic N) is 2. The van der Waals surface area contributed by atoms with Crippen LogP contribution in [0.5, 0.6) is 0 Å². The molecule has 2 heterocycles. The second-order valence-electron chi connectivity index (χ2n) is 5.19. The number of thiophene rings is 1. The highest BCUT2D eigenvalue weighted by atomic mass is 32.1. The van der Waals surface area contributed by atoms with Crippen molar-refractivity contribution in [2.45, 2.75) is 13.8 Å². The highest BCUT2D eigenvalue weighted by Crippen LogP contribution is 2.28. The SMILES string of the molecule is Cc1ccc(-c2csc(NC(=O)c3ccc([N+](=O)[O-])s3)n2)cc1C. The molecule has 0 saturated carbocycles. The number of carbonyl (C=O) groups is 1. The van der Waals surface area contributed by atoms with Gasteiger partial charge in [0.15, 0.2) is 5.13 Å². The van der Waals surface area contributed by atoms with E-state index in [0.29, 0.717) is 5.13 Å². The summed E-state index contributed by atoms with van der Waals surface area (Å²) in [4.78, 5) is 27.0. The molecule has 0 aliphatic rings. The number of benzene rings is 1. The summed E-state index contributed by atoms with van der Waals surface area (Å²) in [5, 5.41) is 15.6. The maximum Gasteiger partial charge on any atom is 0.324 e. The Hall–Kier alpha value is -2.58.